The van der Waals surface area contributed by atoms with E-state index in [9.17, 15) is 9.50 Å². The fraction of sp³-hybridized carbons (Fsp3) is 0.308. The van der Waals surface area contributed by atoms with Gasteiger partial charge in [0.1, 0.15) is 5.82 Å². The maximum absolute atomic E-state index is 13.4. The first-order chi connectivity index (χ1) is 8.47. The number of rotatable bonds is 3. The largest absolute Gasteiger partial charge is 0.388 e. The lowest BCUT2D eigenvalue weighted by atomic mass is 10.0. The van der Waals surface area contributed by atoms with Crippen LogP contribution in [-0.2, 0) is 13.5 Å². The van der Waals surface area contributed by atoms with E-state index in [1.165, 1.54) is 6.07 Å². The minimum Gasteiger partial charge on any atom is -0.388 e. The van der Waals surface area contributed by atoms with Crippen LogP contribution in [0.1, 0.15) is 23.1 Å². The molecular weight excluding hydrogens is 299 g/mol. The van der Waals surface area contributed by atoms with E-state index < -0.39 is 6.10 Å². The van der Waals surface area contributed by atoms with E-state index in [1.54, 1.807) is 16.8 Å². The van der Waals surface area contributed by atoms with Crippen molar-refractivity contribution in [3.63, 3.8) is 0 Å². The minimum absolute atomic E-state index is 0.368. The summed E-state index contributed by atoms with van der Waals surface area (Å²) >= 11 is 3.09. The Bertz CT molecular complexity index is 568. The van der Waals surface area contributed by atoms with Gasteiger partial charge in [0.2, 0.25) is 0 Å². The van der Waals surface area contributed by atoms with E-state index in [1.807, 2.05) is 20.0 Å². The van der Waals surface area contributed by atoms with Gasteiger partial charge in [-0.3, -0.25) is 4.68 Å². The predicted octanol–water partition coefficient (Wildman–Crippen LogP) is 2.91. The normalized spacial score (nSPS) is 12.7. The lowest BCUT2D eigenvalue weighted by molar-refractivity contribution is 0.175. The third-order valence-electron chi connectivity index (χ3n) is 2.83. The Balaban J connectivity index is 2.19. The molecule has 1 aromatic carbocycles. The van der Waals surface area contributed by atoms with E-state index >= 15 is 0 Å². The first-order valence-corrected chi connectivity index (χ1v) is 6.39. The van der Waals surface area contributed by atoms with Crippen LogP contribution in [0.25, 0.3) is 0 Å². The molecule has 1 unspecified atom stereocenters. The standard InChI is InChI=1S/C13H14BrFN2O/c1-8-5-10(17(2)16-8)7-13(18)9-3-4-11(14)12(15)6-9/h3-6,13,18H,7H2,1-2H3. The smallest absolute Gasteiger partial charge is 0.137 e. The fourth-order valence-electron chi connectivity index (χ4n) is 1.89. The van der Waals surface area contributed by atoms with Gasteiger partial charge in [0.05, 0.1) is 16.3 Å². The topological polar surface area (TPSA) is 38.0 Å². The summed E-state index contributed by atoms with van der Waals surface area (Å²) in [7, 11) is 1.83. The molecule has 1 heterocycles. The van der Waals surface area contributed by atoms with Crippen LogP contribution < -0.4 is 0 Å². The Kier molecular flexibility index (Phi) is 3.82. The third kappa shape index (κ3) is 2.79. The molecule has 0 aliphatic rings. The molecule has 18 heavy (non-hydrogen) atoms. The second kappa shape index (κ2) is 5.20. The van der Waals surface area contributed by atoms with Crippen LogP contribution in [0, 0.1) is 12.7 Å². The summed E-state index contributed by atoms with van der Waals surface area (Å²) in [5.74, 6) is -0.368. The quantitative estimate of drug-likeness (QED) is 0.946. The lowest BCUT2D eigenvalue weighted by Gasteiger charge is -2.11. The minimum atomic E-state index is -0.734. The van der Waals surface area contributed by atoms with Crippen molar-refractivity contribution in [2.45, 2.75) is 19.4 Å². The third-order valence-corrected chi connectivity index (χ3v) is 3.47. The molecule has 0 saturated heterocycles. The van der Waals surface area contributed by atoms with Gasteiger partial charge in [-0.15, -0.1) is 0 Å². The maximum Gasteiger partial charge on any atom is 0.137 e. The van der Waals surface area contributed by atoms with Crippen molar-refractivity contribution in [2.75, 3.05) is 0 Å². The molecule has 0 spiro atoms. The van der Waals surface area contributed by atoms with Crippen molar-refractivity contribution in [1.29, 1.82) is 0 Å². The van der Waals surface area contributed by atoms with Gasteiger partial charge in [-0.2, -0.15) is 5.10 Å². The number of aromatic nitrogens is 2. The highest BCUT2D eigenvalue weighted by Crippen LogP contribution is 2.23. The van der Waals surface area contributed by atoms with Crippen molar-refractivity contribution in [3.05, 3.63) is 51.5 Å². The number of nitrogens with zero attached hydrogens (tertiary/aromatic N) is 2. The molecule has 0 amide bonds. The number of aliphatic hydroxyl groups is 1. The van der Waals surface area contributed by atoms with Crippen LogP contribution in [0.3, 0.4) is 0 Å². The van der Waals surface area contributed by atoms with E-state index in [4.69, 9.17) is 0 Å². The number of hydrogen-bond donors (Lipinski definition) is 1. The van der Waals surface area contributed by atoms with Gasteiger partial charge in [-0.1, -0.05) is 6.07 Å². The Hall–Kier alpha value is -1.20. The van der Waals surface area contributed by atoms with Gasteiger partial charge in [-0.25, -0.2) is 4.39 Å². The molecule has 2 rings (SSSR count). The molecule has 1 atom stereocenters. The van der Waals surface area contributed by atoms with Crippen LogP contribution in [0.5, 0.6) is 0 Å². The Morgan fingerprint density at radius 3 is 2.72 bits per heavy atom. The number of aliphatic hydroxyl groups excluding tert-OH is 1. The average Bonchev–Trinajstić information content (AvgIpc) is 2.61. The van der Waals surface area contributed by atoms with Crippen molar-refractivity contribution >= 4 is 15.9 Å². The average molecular weight is 313 g/mol. The molecular formula is C13H14BrFN2O. The molecule has 0 radical (unpaired) electrons. The Morgan fingerprint density at radius 1 is 1.44 bits per heavy atom. The van der Waals surface area contributed by atoms with Crippen LogP contribution in [0.15, 0.2) is 28.7 Å². The van der Waals surface area contributed by atoms with E-state index in [0.29, 0.717) is 16.5 Å². The molecule has 5 heteroatoms. The summed E-state index contributed by atoms with van der Waals surface area (Å²) in [6.07, 6.45) is -0.319. The molecule has 96 valence electrons. The number of benzene rings is 1. The van der Waals surface area contributed by atoms with Gasteiger partial charge in [0, 0.05) is 19.2 Å². The van der Waals surface area contributed by atoms with Crippen molar-refractivity contribution in [1.82, 2.24) is 9.78 Å². The predicted molar refractivity (Wildman–Crippen MR) is 70.7 cm³/mol. The Labute approximate surface area is 113 Å². The zero-order valence-electron chi connectivity index (χ0n) is 10.2. The highest BCUT2D eigenvalue weighted by molar-refractivity contribution is 9.10. The van der Waals surface area contributed by atoms with Crippen LogP contribution >= 0.6 is 15.9 Å². The van der Waals surface area contributed by atoms with Gasteiger partial charge in [-0.05, 0) is 46.6 Å². The second-order valence-corrected chi connectivity index (χ2v) is 5.15. The maximum atomic E-state index is 13.4. The highest BCUT2D eigenvalue weighted by Gasteiger charge is 2.13. The van der Waals surface area contributed by atoms with E-state index in [-0.39, 0.29) is 5.82 Å². The summed E-state index contributed by atoms with van der Waals surface area (Å²) in [6.45, 7) is 1.90. The monoisotopic (exact) mass is 312 g/mol. The molecule has 0 bridgehead atoms. The van der Waals surface area contributed by atoms with Crippen molar-refractivity contribution in [3.8, 4) is 0 Å². The summed E-state index contributed by atoms with van der Waals surface area (Å²) < 4.78 is 15.5. The van der Waals surface area contributed by atoms with Gasteiger partial charge >= 0.3 is 0 Å². The number of halogens is 2. The summed E-state index contributed by atoms with van der Waals surface area (Å²) in [5.41, 5.74) is 2.39. The summed E-state index contributed by atoms with van der Waals surface area (Å²) in [6, 6.07) is 6.57. The van der Waals surface area contributed by atoms with Crippen molar-refractivity contribution < 1.29 is 9.50 Å². The van der Waals surface area contributed by atoms with Crippen LogP contribution in [-0.4, -0.2) is 14.9 Å². The first-order valence-electron chi connectivity index (χ1n) is 5.60. The fourth-order valence-corrected chi connectivity index (χ4v) is 2.14. The molecule has 2 aromatic rings. The highest BCUT2D eigenvalue weighted by atomic mass is 79.9. The van der Waals surface area contributed by atoms with Gasteiger partial charge in [0.15, 0.2) is 0 Å². The summed E-state index contributed by atoms with van der Waals surface area (Å²) in [5, 5.41) is 14.3. The van der Waals surface area contributed by atoms with Crippen LogP contribution in [0.2, 0.25) is 0 Å². The first kappa shape index (κ1) is 13.2. The van der Waals surface area contributed by atoms with Crippen molar-refractivity contribution in [2.24, 2.45) is 7.05 Å². The SMILES string of the molecule is Cc1cc(CC(O)c2ccc(Br)c(F)c2)n(C)n1. The molecule has 0 aliphatic carbocycles. The van der Waals surface area contributed by atoms with Gasteiger partial charge in [0.25, 0.3) is 0 Å². The summed E-state index contributed by atoms with van der Waals surface area (Å²) in [4.78, 5) is 0. The lowest BCUT2D eigenvalue weighted by Crippen LogP contribution is -2.06. The van der Waals surface area contributed by atoms with E-state index in [2.05, 4.69) is 21.0 Å². The van der Waals surface area contributed by atoms with Gasteiger partial charge < -0.3 is 5.11 Å². The van der Waals surface area contributed by atoms with E-state index in [0.717, 1.165) is 11.4 Å². The molecule has 0 fully saturated rings. The zero-order chi connectivity index (χ0) is 13.3. The Morgan fingerprint density at radius 2 is 2.17 bits per heavy atom. The molecule has 1 N–H and O–H groups in total. The van der Waals surface area contributed by atoms with Crippen LogP contribution in [0.4, 0.5) is 4.39 Å². The second-order valence-electron chi connectivity index (χ2n) is 4.29. The molecule has 0 aliphatic heterocycles. The molecule has 0 saturated carbocycles. The zero-order valence-corrected chi connectivity index (χ0v) is 11.8. The molecule has 3 nitrogen and oxygen atoms in total. The number of aryl methyl sites for hydroxylation is 2. The molecule has 1 aromatic heterocycles. The number of hydrogen-bond acceptors (Lipinski definition) is 2.